The van der Waals surface area contributed by atoms with Crippen molar-refractivity contribution in [2.45, 2.75) is 73.0 Å². The van der Waals surface area contributed by atoms with Gasteiger partial charge >= 0.3 is 0 Å². The summed E-state index contributed by atoms with van der Waals surface area (Å²) in [5.74, 6) is 0.432. The zero-order valence-corrected chi connectivity index (χ0v) is 19.0. The largest absolute Gasteiger partial charge is 0.376 e. The van der Waals surface area contributed by atoms with Crippen LogP contribution in [0.2, 0.25) is 0 Å². The van der Waals surface area contributed by atoms with Gasteiger partial charge in [-0.05, 0) is 65.4 Å². The van der Waals surface area contributed by atoms with Gasteiger partial charge in [-0.25, -0.2) is 9.37 Å². The van der Waals surface area contributed by atoms with Crippen molar-refractivity contribution in [3.63, 3.8) is 0 Å². The van der Waals surface area contributed by atoms with Crippen molar-refractivity contribution in [3.05, 3.63) is 59.9 Å². The first kappa shape index (κ1) is 23.2. The summed E-state index contributed by atoms with van der Waals surface area (Å²) in [6, 6.07) is 0.251. The quantitative estimate of drug-likeness (QED) is 0.407. The zero-order valence-electron chi connectivity index (χ0n) is 19.0. The Labute approximate surface area is 176 Å². The van der Waals surface area contributed by atoms with Crippen LogP contribution in [0, 0.1) is 5.92 Å². The second-order valence-electron chi connectivity index (χ2n) is 8.01. The van der Waals surface area contributed by atoms with Crippen LogP contribution < -0.4 is 0 Å². The lowest BCUT2D eigenvalue weighted by atomic mass is 9.84. The number of imidazole rings is 1. The summed E-state index contributed by atoms with van der Waals surface area (Å²) in [6.07, 6.45) is 16.2. The molecule has 0 aliphatic carbocycles. The van der Waals surface area contributed by atoms with E-state index in [9.17, 15) is 4.39 Å². The summed E-state index contributed by atoms with van der Waals surface area (Å²) in [5, 5.41) is 0. The monoisotopic (exact) mass is 399 g/mol. The number of rotatable bonds is 10. The van der Waals surface area contributed by atoms with Crippen LogP contribution in [-0.4, -0.2) is 33.7 Å². The molecule has 0 aromatic carbocycles. The molecule has 0 amide bonds. The summed E-state index contributed by atoms with van der Waals surface area (Å²) < 4.78 is 16.7. The van der Waals surface area contributed by atoms with Gasteiger partial charge < -0.3 is 9.47 Å². The van der Waals surface area contributed by atoms with Crippen LogP contribution in [-0.2, 0) is 0 Å². The molecule has 0 spiro atoms. The van der Waals surface area contributed by atoms with Gasteiger partial charge in [0.1, 0.15) is 6.17 Å². The fraction of sp³-hybridized carbons (Fsp3) is 0.560. The third-order valence-corrected chi connectivity index (χ3v) is 6.06. The molecule has 2 rings (SSSR count). The fourth-order valence-corrected chi connectivity index (χ4v) is 4.23. The lowest BCUT2D eigenvalue weighted by Crippen LogP contribution is -2.29. The van der Waals surface area contributed by atoms with Gasteiger partial charge in [0.05, 0.1) is 18.2 Å². The Balaban J connectivity index is 2.15. The molecule has 0 N–H and O–H groups in total. The predicted octanol–water partition coefficient (Wildman–Crippen LogP) is 6.73. The normalized spacial score (nSPS) is 19.8. The van der Waals surface area contributed by atoms with Crippen molar-refractivity contribution in [1.29, 1.82) is 0 Å². The van der Waals surface area contributed by atoms with Gasteiger partial charge in [0.2, 0.25) is 0 Å². The maximum atomic E-state index is 14.5. The smallest absolute Gasteiger partial charge is 0.119 e. The topological polar surface area (TPSA) is 21.1 Å². The summed E-state index contributed by atoms with van der Waals surface area (Å²) in [5.41, 5.74) is 4.28. The van der Waals surface area contributed by atoms with E-state index in [0.29, 0.717) is 5.92 Å². The molecule has 3 atom stereocenters. The highest BCUT2D eigenvalue weighted by Gasteiger charge is 2.31. The van der Waals surface area contributed by atoms with E-state index in [1.807, 2.05) is 31.6 Å². The molecular weight excluding hydrogens is 361 g/mol. The number of fused-ring (bicyclic) bond motifs is 1. The molecule has 0 saturated heterocycles. The molecular formula is C25H38FN3. The van der Waals surface area contributed by atoms with E-state index >= 15 is 0 Å². The van der Waals surface area contributed by atoms with Crippen LogP contribution in [0.15, 0.2) is 54.2 Å². The molecule has 0 bridgehead atoms. The van der Waals surface area contributed by atoms with E-state index in [2.05, 4.69) is 60.4 Å². The highest BCUT2D eigenvalue weighted by Crippen LogP contribution is 2.40. The first-order chi connectivity index (χ1) is 13.9. The van der Waals surface area contributed by atoms with Crippen LogP contribution >= 0.6 is 0 Å². The standard InChI is InChI=1S/C25H38FN3/c1-7-10-11-13-20(5)28(9-3)15-14-19(4)24-16-23(21(6)26)22(12-8-2)25-17-27-18-29(24)25/h7-8,10,12-13,17-19,21,24H,9,11,14-16H2,1-6H3/b10-7-,12-8-,20-13+. The Hall–Kier alpha value is -2.10. The molecule has 160 valence electrons. The van der Waals surface area contributed by atoms with Gasteiger partial charge in [0.15, 0.2) is 0 Å². The molecule has 4 heteroatoms. The summed E-state index contributed by atoms with van der Waals surface area (Å²) in [6.45, 7) is 14.4. The van der Waals surface area contributed by atoms with Gasteiger partial charge in [-0.15, -0.1) is 0 Å². The first-order valence-electron chi connectivity index (χ1n) is 11.0. The minimum atomic E-state index is -0.941. The number of aromatic nitrogens is 2. The molecule has 3 unspecified atom stereocenters. The van der Waals surface area contributed by atoms with Gasteiger partial charge in [0, 0.05) is 30.4 Å². The highest BCUT2D eigenvalue weighted by atomic mass is 19.1. The minimum Gasteiger partial charge on any atom is -0.376 e. The third-order valence-electron chi connectivity index (χ3n) is 6.06. The number of nitrogens with zero attached hydrogens (tertiary/aromatic N) is 3. The number of hydrogen-bond acceptors (Lipinski definition) is 2. The Morgan fingerprint density at radius 3 is 2.72 bits per heavy atom. The van der Waals surface area contributed by atoms with Crippen LogP contribution in [0.25, 0.3) is 5.57 Å². The molecule has 3 nitrogen and oxygen atoms in total. The van der Waals surface area contributed by atoms with E-state index in [1.165, 1.54) is 5.70 Å². The molecule has 29 heavy (non-hydrogen) atoms. The van der Waals surface area contributed by atoms with Crippen molar-refractivity contribution >= 4 is 5.57 Å². The van der Waals surface area contributed by atoms with Crippen molar-refractivity contribution in [2.75, 3.05) is 13.1 Å². The Bertz CT molecular complexity index is 767. The summed E-state index contributed by atoms with van der Waals surface area (Å²) in [7, 11) is 0. The number of allylic oxidation sites excluding steroid dienone is 8. The lowest BCUT2D eigenvalue weighted by molar-refractivity contribution is 0.262. The van der Waals surface area contributed by atoms with Crippen molar-refractivity contribution in [3.8, 4) is 0 Å². The molecule has 0 saturated carbocycles. The molecule has 1 aromatic rings. The second-order valence-corrected chi connectivity index (χ2v) is 8.01. The number of halogens is 1. The van der Waals surface area contributed by atoms with Gasteiger partial charge in [-0.1, -0.05) is 37.3 Å². The van der Waals surface area contributed by atoms with Gasteiger partial charge in [0.25, 0.3) is 0 Å². The van der Waals surface area contributed by atoms with Crippen molar-refractivity contribution in [1.82, 2.24) is 14.5 Å². The maximum absolute atomic E-state index is 14.5. The van der Waals surface area contributed by atoms with E-state index in [1.54, 1.807) is 6.92 Å². The highest BCUT2D eigenvalue weighted by molar-refractivity contribution is 5.76. The maximum Gasteiger partial charge on any atom is 0.119 e. The van der Waals surface area contributed by atoms with E-state index in [0.717, 1.165) is 49.2 Å². The Kier molecular flexibility index (Phi) is 8.94. The fourth-order valence-electron chi connectivity index (χ4n) is 4.23. The molecule has 2 heterocycles. The van der Waals surface area contributed by atoms with Crippen LogP contribution in [0.3, 0.4) is 0 Å². The average Bonchev–Trinajstić information content (AvgIpc) is 3.18. The zero-order chi connectivity index (χ0) is 21.4. The number of alkyl halides is 1. The van der Waals surface area contributed by atoms with E-state index in [-0.39, 0.29) is 6.04 Å². The van der Waals surface area contributed by atoms with E-state index < -0.39 is 6.17 Å². The lowest BCUT2D eigenvalue weighted by Gasteiger charge is -2.35. The van der Waals surface area contributed by atoms with Crippen molar-refractivity contribution in [2.24, 2.45) is 5.92 Å². The average molecular weight is 400 g/mol. The van der Waals surface area contributed by atoms with Crippen LogP contribution in [0.4, 0.5) is 4.39 Å². The SMILES string of the molecule is C/C=C\C/C=C(\C)N(CC)CCC(C)C1CC(C(C)F)=C(/C=C\C)c2cncn21. The molecule has 1 aromatic heterocycles. The van der Waals surface area contributed by atoms with Crippen LogP contribution in [0.5, 0.6) is 0 Å². The molecule has 1 aliphatic rings. The van der Waals surface area contributed by atoms with Crippen LogP contribution in [0.1, 0.15) is 72.5 Å². The summed E-state index contributed by atoms with van der Waals surface area (Å²) >= 11 is 0. The minimum absolute atomic E-state index is 0.251. The first-order valence-corrected chi connectivity index (χ1v) is 11.0. The summed E-state index contributed by atoms with van der Waals surface area (Å²) in [4.78, 5) is 6.83. The number of hydrogen-bond donors (Lipinski definition) is 0. The Morgan fingerprint density at radius 1 is 1.34 bits per heavy atom. The third kappa shape index (κ3) is 5.71. The molecule has 0 fully saturated rings. The molecule has 0 radical (unpaired) electrons. The predicted molar refractivity (Wildman–Crippen MR) is 122 cm³/mol. The second kappa shape index (κ2) is 11.2. The van der Waals surface area contributed by atoms with Gasteiger partial charge in [-0.3, -0.25) is 0 Å². The van der Waals surface area contributed by atoms with Gasteiger partial charge in [-0.2, -0.15) is 0 Å². The molecule has 1 aliphatic heterocycles. The Morgan fingerprint density at radius 2 is 2.10 bits per heavy atom. The van der Waals surface area contributed by atoms with E-state index in [4.69, 9.17) is 0 Å². The van der Waals surface area contributed by atoms with Crippen molar-refractivity contribution < 1.29 is 4.39 Å².